The summed E-state index contributed by atoms with van der Waals surface area (Å²) >= 11 is 0. The van der Waals surface area contributed by atoms with E-state index in [1.54, 1.807) is 7.11 Å². The lowest BCUT2D eigenvalue weighted by molar-refractivity contribution is 0.418. The second kappa shape index (κ2) is 5.66. The first kappa shape index (κ1) is 12.6. The number of aromatic amines is 1. The van der Waals surface area contributed by atoms with E-state index in [9.17, 15) is 0 Å². The van der Waals surface area contributed by atoms with Gasteiger partial charge in [0.1, 0.15) is 23.4 Å². The van der Waals surface area contributed by atoms with E-state index in [0.717, 1.165) is 28.2 Å². The number of hydrogen-bond donors (Lipinski definition) is 2. The zero-order valence-electron chi connectivity index (χ0n) is 11.1. The van der Waals surface area contributed by atoms with Crippen LogP contribution in [0.5, 0.6) is 5.75 Å². The molecular formula is C14H15N5O. The van der Waals surface area contributed by atoms with Gasteiger partial charge in [0.15, 0.2) is 0 Å². The Kier molecular flexibility index (Phi) is 3.56. The maximum absolute atomic E-state index is 5.34. The van der Waals surface area contributed by atoms with Crippen LogP contribution < -0.4 is 10.1 Å². The normalized spacial score (nSPS) is 10.8. The molecule has 0 saturated heterocycles. The summed E-state index contributed by atoms with van der Waals surface area (Å²) in [6.07, 6.45) is 1.50. The summed E-state index contributed by atoms with van der Waals surface area (Å²) in [6, 6.07) is 9.97. The van der Waals surface area contributed by atoms with Gasteiger partial charge in [0.25, 0.3) is 0 Å². The minimum Gasteiger partial charge on any atom is -0.494 e. The fraction of sp³-hybridized carbons (Fsp3) is 0.214. The van der Waals surface area contributed by atoms with Gasteiger partial charge in [0.05, 0.1) is 19.3 Å². The average Bonchev–Trinajstić information content (AvgIpc) is 3.00. The lowest BCUT2D eigenvalue weighted by Gasteiger charge is -2.07. The van der Waals surface area contributed by atoms with Crippen LogP contribution >= 0.6 is 0 Å². The molecule has 3 rings (SSSR count). The number of nitrogens with one attached hydrogen (secondary N) is 2. The molecule has 0 spiro atoms. The Balaban J connectivity index is 1.75. The highest BCUT2D eigenvalue weighted by Crippen LogP contribution is 2.23. The number of fused-ring (bicyclic) bond motifs is 1. The van der Waals surface area contributed by atoms with E-state index in [1.807, 2.05) is 24.3 Å². The van der Waals surface area contributed by atoms with Crippen molar-refractivity contribution in [2.75, 3.05) is 7.11 Å². The summed E-state index contributed by atoms with van der Waals surface area (Å²) in [5, 5.41) is 11.0. The third kappa shape index (κ3) is 2.60. The van der Waals surface area contributed by atoms with Crippen LogP contribution in [0.4, 0.5) is 0 Å². The van der Waals surface area contributed by atoms with Gasteiger partial charge in [-0.3, -0.25) is 5.10 Å². The summed E-state index contributed by atoms with van der Waals surface area (Å²) in [5.74, 6) is 1.60. The van der Waals surface area contributed by atoms with Gasteiger partial charge in [-0.1, -0.05) is 18.2 Å². The third-order valence-electron chi connectivity index (χ3n) is 3.02. The SMILES string of the molecule is COc1cccc2ccc(CNCc3ncn[nH]3)nc12. The highest BCUT2D eigenvalue weighted by molar-refractivity contribution is 5.84. The monoisotopic (exact) mass is 269 g/mol. The average molecular weight is 269 g/mol. The number of aromatic nitrogens is 4. The van der Waals surface area contributed by atoms with Crippen molar-refractivity contribution in [2.24, 2.45) is 0 Å². The molecule has 0 bridgehead atoms. The number of H-pyrrole nitrogens is 1. The number of ether oxygens (including phenoxy) is 1. The number of benzene rings is 1. The van der Waals surface area contributed by atoms with Crippen LogP contribution in [0.3, 0.4) is 0 Å². The van der Waals surface area contributed by atoms with Crippen molar-refractivity contribution in [1.82, 2.24) is 25.5 Å². The molecule has 2 heterocycles. The van der Waals surface area contributed by atoms with Crippen LogP contribution in [0.1, 0.15) is 11.5 Å². The predicted octanol–water partition coefficient (Wildman–Crippen LogP) is 1.65. The molecule has 20 heavy (non-hydrogen) atoms. The van der Waals surface area contributed by atoms with Gasteiger partial charge in [-0.15, -0.1) is 0 Å². The fourth-order valence-corrected chi connectivity index (χ4v) is 2.05. The van der Waals surface area contributed by atoms with Gasteiger partial charge in [0.2, 0.25) is 0 Å². The second-order valence-corrected chi connectivity index (χ2v) is 4.37. The number of rotatable bonds is 5. The molecular weight excluding hydrogens is 254 g/mol. The minimum atomic E-state index is 0.631. The summed E-state index contributed by atoms with van der Waals surface area (Å²) < 4.78 is 5.34. The van der Waals surface area contributed by atoms with E-state index < -0.39 is 0 Å². The van der Waals surface area contributed by atoms with Gasteiger partial charge in [-0.2, -0.15) is 5.10 Å². The van der Waals surface area contributed by atoms with Crippen LogP contribution in [0, 0.1) is 0 Å². The van der Waals surface area contributed by atoms with Crippen molar-refractivity contribution >= 4 is 10.9 Å². The van der Waals surface area contributed by atoms with Crippen molar-refractivity contribution in [3.05, 3.63) is 48.2 Å². The molecule has 2 aromatic heterocycles. The Morgan fingerprint density at radius 3 is 2.95 bits per heavy atom. The van der Waals surface area contributed by atoms with Crippen LogP contribution in [0.25, 0.3) is 10.9 Å². The Labute approximate surface area is 116 Å². The van der Waals surface area contributed by atoms with E-state index in [1.165, 1.54) is 6.33 Å². The molecule has 2 N–H and O–H groups in total. The van der Waals surface area contributed by atoms with Gasteiger partial charge >= 0.3 is 0 Å². The highest BCUT2D eigenvalue weighted by Gasteiger charge is 2.04. The molecule has 102 valence electrons. The first-order valence-electron chi connectivity index (χ1n) is 6.34. The Morgan fingerprint density at radius 1 is 1.20 bits per heavy atom. The van der Waals surface area contributed by atoms with Crippen molar-refractivity contribution in [1.29, 1.82) is 0 Å². The van der Waals surface area contributed by atoms with Gasteiger partial charge < -0.3 is 10.1 Å². The molecule has 0 saturated carbocycles. The molecule has 0 aliphatic carbocycles. The molecule has 0 aliphatic heterocycles. The van der Waals surface area contributed by atoms with Crippen molar-refractivity contribution < 1.29 is 4.74 Å². The number of hydrogen-bond acceptors (Lipinski definition) is 5. The number of methoxy groups -OCH3 is 1. The minimum absolute atomic E-state index is 0.631. The van der Waals surface area contributed by atoms with Crippen LogP contribution in [0.15, 0.2) is 36.7 Å². The Bertz CT molecular complexity index is 696. The summed E-state index contributed by atoms with van der Waals surface area (Å²) in [4.78, 5) is 8.69. The largest absolute Gasteiger partial charge is 0.494 e. The molecule has 0 fully saturated rings. The van der Waals surface area contributed by atoms with Crippen molar-refractivity contribution in [3.8, 4) is 5.75 Å². The van der Waals surface area contributed by atoms with Crippen LogP contribution in [-0.2, 0) is 13.1 Å². The molecule has 6 heteroatoms. The zero-order chi connectivity index (χ0) is 13.8. The summed E-state index contributed by atoms with van der Waals surface area (Å²) in [5.41, 5.74) is 1.84. The second-order valence-electron chi connectivity index (χ2n) is 4.37. The smallest absolute Gasteiger partial charge is 0.145 e. The number of pyridine rings is 1. The third-order valence-corrected chi connectivity index (χ3v) is 3.02. The molecule has 3 aromatic rings. The summed E-state index contributed by atoms with van der Waals surface area (Å²) in [6.45, 7) is 1.29. The van der Waals surface area contributed by atoms with E-state index in [2.05, 4.69) is 31.5 Å². The fourth-order valence-electron chi connectivity index (χ4n) is 2.05. The molecule has 0 radical (unpaired) electrons. The van der Waals surface area contributed by atoms with Crippen LogP contribution in [-0.4, -0.2) is 27.3 Å². The Morgan fingerprint density at radius 2 is 2.15 bits per heavy atom. The molecule has 1 aromatic carbocycles. The number of para-hydroxylation sites is 1. The molecule has 0 unspecified atom stereocenters. The maximum Gasteiger partial charge on any atom is 0.145 e. The topological polar surface area (TPSA) is 75.7 Å². The Hall–Kier alpha value is -2.47. The maximum atomic E-state index is 5.34. The lowest BCUT2D eigenvalue weighted by Crippen LogP contribution is -2.14. The van der Waals surface area contributed by atoms with Crippen molar-refractivity contribution in [3.63, 3.8) is 0 Å². The van der Waals surface area contributed by atoms with Gasteiger partial charge in [-0.05, 0) is 12.1 Å². The quantitative estimate of drug-likeness (QED) is 0.736. The van der Waals surface area contributed by atoms with E-state index in [4.69, 9.17) is 4.74 Å². The molecule has 0 aliphatic rings. The first-order valence-corrected chi connectivity index (χ1v) is 6.34. The van der Waals surface area contributed by atoms with E-state index in [0.29, 0.717) is 13.1 Å². The predicted molar refractivity (Wildman–Crippen MR) is 75.2 cm³/mol. The highest BCUT2D eigenvalue weighted by atomic mass is 16.5. The lowest BCUT2D eigenvalue weighted by atomic mass is 10.2. The van der Waals surface area contributed by atoms with Gasteiger partial charge in [-0.25, -0.2) is 9.97 Å². The number of nitrogens with zero attached hydrogens (tertiary/aromatic N) is 3. The van der Waals surface area contributed by atoms with E-state index in [-0.39, 0.29) is 0 Å². The van der Waals surface area contributed by atoms with Crippen molar-refractivity contribution in [2.45, 2.75) is 13.1 Å². The van der Waals surface area contributed by atoms with Gasteiger partial charge in [0, 0.05) is 11.9 Å². The molecule has 0 amide bonds. The standard InChI is InChI=1S/C14H15N5O/c1-20-12-4-2-3-10-5-6-11(18-14(10)12)7-15-8-13-16-9-17-19-13/h2-6,9,15H,7-8H2,1H3,(H,16,17,19). The molecule has 6 nitrogen and oxygen atoms in total. The summed E-state index contributed by atoms with van der Waals surface area (Å²) in [7, 11) is 1.66. The van der Waals surface area contributed by atoms with E-state index >= 15 is 0 Å². The molecule has 0 atom stereocenters. The zero-order valence-corrected chi connectivity index (χ0v) is 11.1. The first-order chi connectivity index (χ1) is 9.86. The van der Waals surface area contributed by atoms with Crippen LogP contribution in [0.2, 0.25) is 0 Å².